The lowest BCUT2D eigenvalue weighted by atomic mass is 9.74. The minimum absolute atomic E-state index is 0.00238. The molecule has 0 unspecified atom stereocenters. The highest BCUT2D eigenvalue weighted by atomic mass is 19.4. The minimum atomic E-state index is -4.92. The van der Waals surface area contributed by atoms with E-state index in [-0.39, 0.29) is 29.3 Å². The maximum atomic E-state index is 14.6. The van der Waals surface area contributed by atoms with Gasteiger partial charge in [-0.1, -0.05) is 6.07 Å². The van der Waals surface area contributed by atoms with E-state index in [1.165, 1.54) is 12.1 Å². The Kier molecular flexibility index (Phi) is 4.92. The topological polar surface area (TPSA) is 65.8 Å². The highest BCUT2D eigenvalue weighted by Crippen LogP contribution is 2.56. The van der Waals surface area contributed by atoms with Crippen molar-refractivity contribution in [1.82, 2.24) is 9.55 Å². The van der Waals surface area contributed by atoms with Gasteiger partial charge in [0.2, 0.25) is 5.88 Å². The number of nitrogens with zero attached hydrogens (tertiary/aromatic N) is 3. The number of rotatable bonds is 6. The Morgan fingerprint density at radius 3 is 2.50 bits per heavy atom. The molecule has 7 rings (SSSR count). The van der Waals surface area contributed by atoms with Crippen molar-refractivity contribution in [3.05, 3.63) is 70.1 Å². The summed E-state index contributed by atoms with van der Waals surface area (Å²) >= 11 is 0. The summed E-state index contributed by atoms with van der Waals surface area (Å²) in [6.45, 7) is 1.22. The average molecular weight is 507 g/mol. The molecule has 0 atom stereocenters. The number of hydrogen-bond acceptors (Lipinski definition) is 6. The Labute approximate surface area is 200 Å². The molecule has 4 heterocycles. The fraction of sp³-hybridized carbons (Fsp3) is 0.333. The van der Waals surface area contributed by atoms with E-state index in [9.17, 15) is 26.7 Å². The predicted octanol–water partition coefficient (Wildman–Crippen LogP) is 4.77. The van der Waals surface area contributed by atoms with Gasteiger partial charge >= 0.3 is 12.1 Å². The number of anilines is 1. The van der Waals surface area contributed by atoms with Crippen molar-refractivity contribution in [2.75, 3.05) is 11.4 Å². The highest BCUT2D eigenvalue weighted by Gasteiger charge is 2.60. The van der Waals surface area contributed by atoms with Crippen LogP contribution in [-0.4, -0.2) is 28.0 Å². The molecule has 3 aliphatic heterocycles. The third-order valence-corrected chi connectivity index (χ3v) is 6.75. The van der Waals surface area contributed by atoms with Crippen molar-refractivity contribution in [2.24, 2.45) is 5.92 Å². The van der Waals surface area contributed by atoms with E-state index in [0.29, 0.717) is 12.5 Å². The SMILES string of the molecule is O=c1nc(OCc2cc(F)c(Oc3cccc(OC(F)(F)F)c3)c(F)c2)cc2n1CC13CC(CN21)C3. The van der Waals surface area contributed by atoms with Gasteiger partial charge in [0.1, 0.15) is 23.9 Å². The molecule has 2 aromatic carbocycles. The van der Waals surface area contributed by atoms with E-state index in [1.807, 2.05) is 0 Å². The highest BCUT2D eigenvalue weighted by molar-refractivity contribution is 5.54. The van der Waals surface area contributed by atoms with Crippen molar-refractivity contribution in [1.29, 1.82) is 0 Å². The maximum Gasteiger partial charge on any atom is 0.573 e. The predicted molar refractivity (Wildman–Crippen MR) is 115 cm³/mol. The Morgan fingerprint density at radius 1 is 1.06 bits per heavy atom. The molecule has 4 aliphatic rings. The zero-order chi connectivity index (χ0) is 25.2. The Morgan fingerprint density at radius 2 is 1.78 bits per heavy atom. The number of halogens is 5. The number of fused-ring (bicyclic) bond motifs is 1. The summed E-state index contributed by atoms with van der Waals surface area (Å²) in [6.07, 6.45) is -2.82. The summed E-state index contributed by atoms with van der Waals surface area (Å²) < 4.78 is 82.6. The molecule has 1 aromatic heterocycles. The lowest BCUT2D eigenvalue weighted by molar-refractivity contribution is -0.274. The van der Waals surface area contributed by atoms with Gasteiger partial charge in [0.25, 0.3) is 0 Å². The van der Waals surface area contributed by atoms with Crippen LogP contribution < -0.4 is 24.8 Å². The molecule has 12 heteroatoms. The molecule has 7 nitrogen and oxygen atoms in total. The molecule has 2 bridgehead atoms. The number of aromatic nitrogens is 2. The standard InChI is InChI=1S/C24H18F5N3O4/c25-17-4-13(5-18(26)21(17)35-15-2-1-3-16(6-15)36-24(27,28)29)11-34-19-7-20-31(22(33)30-19)12-23-8-14(9-23)10-32(20)23/h1-7,14H,8-12H2. The van der Waals surface area contributed by atoms with Gasteiger partial charge in [-0.2, -0.15) is 4.98 Å². The summed E-state index contributed by atoms with van der Waals surface area (Å²) in [5, 5.41) is 0. The van der Waals surface area contributed by atoms with Gasteiger partial charge in [-0.05, 0) is 48.6 Å². The summed E-state index contributed by atoms with van der Waals surface area (Å²) in [4.78, 5) is 18.7. The van der Waals surface area contributed by atoms with Crippen molar-refractivity contribution >= 4 is 5.82 Å². The van der Waals surface area contributed by atoms with Crippen LogP contribution in [0.3, 0.4) is 0 Å². The van der Waals surface area contributed by atoms with E-state index in [2.05, 4.69) is 14.6 Å². The lowest BCUT2D eigenvalue weighted by Gasteiger charge is -2.37. The van der Waals surface area contributed by atoms with Crippen LogP contribution in [0.15, 0.2) is 47.3 Å². The molecular formula is C24H18F5N3O4. The van der Waals surface area contributed by atoms with Gasteiger partial charge in [0, 0.05) is 18.7 Å². The number of benzene rings is 2. The zero-order valence-electron chi connectivity index (χ0n) is 18.5. The van der Waals surface area contributed by atoms with Crippen LogP contribution in [-0.2, 0) is 13.2 Å². The molecule has 3 fully saturated rings. The Bertz CT molecular complexity index is 1390. The first-order valence-electron chi connectivity index (χ1n) is 11.1. The number of ether oxygens (including phenoxy) is 3. The van der Waals surface area contributed by atoms with Crippen LogP contribution in [0.5, 0.6) is 23.1 Å². The van der Waals surface area contributed by atoms with Crippen molar-refractivity contribution in [2.45, 2.75) is 37.9 Å². The monoisotopic (exact) mass is 507 g/mol. The van der Waals surface area contributed by atoms with E-state index < -0.39 is 35.2 Å². The van der Waals surface area contributed by atoms with E-state index in [0.717, 1.165) is 49.5 Å². The van der Waals surface area contributed by atoms with Crippen LogP contribution in [0.1, 0.15) is 18.4 Å². The second kappa shape index (κ2) is 7.84. The van der Waals surface area contributed by atoms with Crippen LogP contribution in [0.25, 0.3) is 0 Å². The molecule has 2 saturated heterocycles. The van der Waals surface area contributed by atoms with E-state index >= 15 is 0 Å². The van der Waals surface area contributed by atoms with Gasteiger partial charge in [0.05, 0.1) is 12.1 Å². The average Bonchev–Trinajstić information content (AvgIpc) is 3.40. The summed E-state index contributed by atoms with van der Waals surface area (Å²) in [7, 11) is 0. The molecule has 1 spiro atoms. The quantitative estimate of drug-likeness (QED) is 0.448. The number of hydrogen-bond donors (Lipinski definition) is 0. The largest absolute Gasteiger partial charge is 0.573 e. The maximum absolute atomic E-state index is 14.6. The van der Waals surface area contributed by atoms with E-state index in [4.69, 9.17) is 9.47 Å². The van der Waals surface area contributed by atoms with Gasteiger partial charge < -0.3 is 19.1 Å². The summed E-state index contributed by atoms with van der Waals surface area (Å²) in [6, 6.07) is 7.91. The van der Waals surface area contributed by atoms with Crippen molar-refractivity contribution < 1.29 is 36.2 Å². The molecule has 1 aliphatic carbocycles. The summed E-state index contributed by atoms with van der Waals surface area (Å²) in [5.41, 5.74) is -0.334. The first kappa shape index (κ1) is 22.6. The molecule has 1 saturated carbocycles. The van der Waals surface area contributed by atoms with Crippen LogP contribution in [0, 0.1) is 17.6 Å². The molecule has 0 amide bonds. The Balaban J connectivity index is 1.17. The molecule has 0 radical (unpaired) electrons. The third kappa shape index (κ3) is 3.90. The molecule has 3 aromatic rings. The van der Waals surface area contributed by atoms with Crippen LogP contribution >= 0.6 is 0 Å². The second-order valence-corrected chi connectivity index (χ2v) is 9.23. The van der Waals surface area contributed by atoms with Crippen molar-refractivity contribution in [3.63, 3.8) is 0 Å². The van der Waals surface area contributed by atoms with Gasteiger partial charge in [0.15, 0.2) is 17.4 Å². The molecule has 188 valence electrons. The summed E-state index contributed by atoms with van der Waals surface area (Å²) in [5.74, 6) is -2.39. The van der Waals surface area contributed by atoms with Crippen LogP contribution in [0.4, 0.5) is 27.8 Å². The third-order valence-electron chi connectivity index (χ3n) is 6.75. The molecule has 0 N–H and O–H groups in total. The van der Waals surface area contributed by atoms with Gasteiger partial charge in [-0.15, -0.1) is 13.2 Å². The smallest absolute Gasteiger partial charge is 0.473 e. The lowest BCUT2D eigenvalue weighted by Crippen LogP contribution is -2.44. The second-order valence-electron chi connectivity index (χ2n) is 9.23. The van der Waals surface area contributed by atoms with Crippen molar-refractivity contribution in [3.8, 4) is 23.1 Å². The first-order chi connectivity index (χ1) is 17.1. The normalized spacial score (nSPS) is 21.6. The minimum Gasteiger partial charge on any atom is -0.473 e. The first-order valence-corrected chi connectivity index (χ1v) is 11.1. The Hall–Kier alpha value is -3.83. The van der Waals surface area contributed by atoms with Crippen LogP contribution in [0.2, 0.25) is 0 Å². The van der Waals surface area contributed by atoms with Gasteiger partial charge in [-0.3, -0.25) is 4.57 Å². The molecule has 36 heavy (non-hydrogen) atoms. The zero-order valence-corrected chi connectivity index (χ0v) is 18.5. The fourth-order valence-electron chi connectivity index (χ4n) is 5.38. The fourth-order valence-corrected chi connectivity index (χ4v) is 5.38. The molecular weight excluding hydrogens is 489 g/mol. The van der Waals surface area contributed by atoms with Gasteiger partial charge in [-0.25, -0.2) is 13.6 Å². The van der Waals surface area contributed by atoms with E-state index in [1.54, 1.807) is 10.6 Å². The number of alkyl halides is 3.